The van der Waals surface area contributed by atoms with Crippen molar-refractivity contribution >= 4 is 34.7 Å². The van der Waals surface area contributed by atoms with Crippen molar-refractivity contribution < 1.29 is 46.2 Å². The number of halogens is 4. The Morgan fingerprint density at radius 1 is 1.20 bits per heavy atom. The van der Waals surface area contributed by atoms with Gasteiger partial charge in [0.2, 0.25) is 17.4 Å². The number of nitrogens with two attached hydrogens (primary N) is 2. The number of primary amides is 1. The molecular weight excluding hydrogens is 618 g/mol. The molecule has 0 fully saturated rings. The second-order valence-corrected chi connectivity index (χ2v) is 11.4. The summed E-state index contributed by atoms with van der Waals surface area (Å²) in [4.78, 5) is 69.9. The van der Waals surface area contributed by atoms with E-state index >= 15 is 4.39 Å². The van der Waals surface area contributed by atoms with Crippen molar-refractivity contribution in [1.82, 2.24) is 14.5 Å². The number of aryl methyl sites for hydroxylation is 1. The summed E-state index contributed by atoms with van der Waals surface area (Å²) in [7, 11) is 0. The number of fused-ring (bicyclic) bond motifs is 5. The molecule has 46 heavy (non-hydrogen) atoms. The highest BCUT2D eigenvalue weighted by molar-refractivity contribution is 5.95. The van der Waals surface area contributed by atoms with Crippen LogP contribution in [0.3, 0.4) is 0 Å². The second-order valence-electron chi connectivity index (χ2n) is 11.4. The van der Waals surface area contributed by atoms with E-state index in [0.29, 0.717) is 34.1 Å². The second kappa shape index (κ2) is 10.6. The van der Waals surface area contributed by atoms with Crippen molar-refractivity contribution in [2.24, 2.45) is 11.5 Å². The van der Waals surface area contributed by atoms with E-state index in [0.717, 1.165) is 0 Å². The number of pyridine rings is 2. The molecule has 2 aliphatic heterocycles. The molecule has 4 N–H and O–H groups in total. The maximum atomic E-state index is 15.2. The number of ether oxygens (including phenoxy) is 2. The summed E-state index contributed by atoms with van der Waals surface area (Å²) >= 11 is 0. The van der Waals surface area contributed by atoms with Crippen molar-refractivity contribution in [1.29, 1.82) is 0 Å². The summed E-state index contributed by atoms with van der Waals surface area (Å²) < 4.78 is 66.2. The Labute approximate surface area is 257 Å². The smallest absolute Gasteiger partial charge is 0.457 e. The van der Waals surface area contributed by atoms with Crippen LogP contribution in [0.2, 0.25) is 0 Å². The van der Waals surface area contributed by atoms with Crippen molar-refractivity contribution in [2.75, 3.05) is 13.1 Å². The van der Waals surface area contributed by atoms with E-state index in [2.05, 4.69) is 4.98 Å². The zero-order chi connectivity index (χ0) is 33.5. The lowest BCUT2D eigenvalue weighted by Crippen LogP contribution is -2.49. The first-order valence-electron chi connectivity index (χ1n) is 14.3. The molecule has 3 aliphatic rings. The monoisotopic (exact) mass is 645 g/mol. The molecule has 2 aromatic heterocycles. The third kappa shape index (κ3) is 4.45. The minimum absolute atomic E-state index is 0.0611. The van der Waals surface area contributed by atoms with Gasteiger partial charge in [-0.25, -0.2) is 19.0 Å². The van der Waals surface area contributed by atoms with E-state index < -0.39 is 79.1 Å². The van der Waals surface area contributed by atoms with E-state index in [4.69, 9.17) is 20.9 Å². The molecule has 3 aromatic rings. The predicted octanol–water partition coefficient (Wildman–Crippen LogP) is 1.90. The summed E-state index contributed by atoms with van der Waals surface area (Å²) in [6, 6.07) is 1.67. The van der Waals surface area contributed by atoms with Crippen LogP contribution in [0.5, 0.6) is 0 Å². The average Bonchev–Trinajstić information content (AvgIpc) is 3.37. The third-order valence-electron chi connectivity index (χ3n) is 9.01. The maximum absolute atomic E-state index is 15.2. The Hall–Kier alpha value is -4.86. The molecule has 0 saturated heterocycles. The highest BCUT2D eigenvalue weighted by atomic mass is 19.4. The Morgan fingerprint density at radius 2 is 1.91 bits per heavy atom. The molecular formula is C30H27F4N5O7. The van der Waals surface area contributed by atoms with Crippen LogP contribution in [-0.4, -0.2) is 57.5 Å². The van der Waals surface area contributed by atoms with E-state index in [9.17, 15) is 37.1 Å². The first-order chi connectivity index (χ1) is 21.6. The zero-order valence-corrected chi connectivity index (χ0v) is 24.5. The van der Waals surface area contributed by atoms with E-state index in [-0.39, 0.29) is 41.0 Å². The van der Waals surface area contributed by atoms with Crippen LogP contribution < -0.4 is 17.0 Å². The number of cyclic esters (lactones) is 1. The largest absolute Gasteiger partial charge is 0.490 e. The number of carbonyl (C=O) groups is 4. The molecule has 0 bridgehead atoms. The lowest BCUT2D eigenvalue weighted by molar-refractivity contribution is -0.223. The Bertz CT molecular complexity index is 1960. The topological polar surface area (TPSA) is 177 Å². The first-order valence-corrected chi connectivity index (χ1v) is 14.3. The SMILES string of the molecule is CC[C@@]1(OC(=O)C(F)(F)F)C(=O)OCc2c1cc1n(c2=O)Cc2c-1nc1cc(F)c(C)c3c1c2[C@@H](N(CC(N)=O)C(=O)CN)CC3. The van der Waals surface area contributed by atoms with Gasteiger partial charge in [-0.2, -0.15) is 13.2 Å². The average molecular weight is 646 g/mol. The normalized spacial score (nSPS) is 19.6. The molecule has 0 spiro atoms. The minimum Gasteiger partial charge on any atom is -0.457 e. The van der Waals surface area contributed by atoms with Gasteiger partial charge in [0, 0.05) is 22.6 Å². The molecule has 12 nitrogen and oxygen atoms in total. The summed E-state index contributed by atoms with van der Waals surface area (Å²) in [5.41, 5.74) is 9.62. The number of aromatic nitrogens is 2. The molecule has 16 heteroatoms. The highest BCUT2D eigenvalue weighted by Gasteiger charge is 2.55. The van der Waals surface area contributed by atoms with E-state index in [1.54, 1.807) is 6.92 Å². The Kier molecular flexibility index (Phi) is 7.18. The number of rotatable bonds is 6. The van der Waals surface area contributed by atoms with E-state index in [1.807, 2.05) is 0 Å². The van der Waals surface area contributed by atoms with Crippen molar-refractivity contribution in [3.05, 3.63) is 61.7 Å². The maximum Gasteiger partial charge on any atom is 0.490 e. The van der Waals surface area contributed by atoms with Crippen molar-refractivity contribution in [3.8, 4) is 11.4 Å². The lowest BCUT2D eigenvalue weighted by atomic mass is 9.81. The van der Waals surface area contributed by atoms with Crippen LogP contribution >= 0.6 is 0 Å². The number of alkyl halides is 3. The number of hydrogen-bond acceptors (Lipinski definition) is 9. The van der Waals surface area contributed by atoms with Gasteiger partial charge in [-0.15, -0.1) is 0 Å². The van der Waals surface area contributed by atoms with E-state index in [1.165, 1.54) is 28.5 Å². The van der Waals surface area contributed by atoms with Gasteiger partial charge in [-0.3, -0.25) is 14.4 Å². The fourth-order valence-corrected chi connectivity index (χ4v) is 6.87. The molecule has 2 amide bonds. The Morgan fingerprint density at radius 3 is 2.54 bits per heavy atom. The van der Waals surface area contributed by atoms with Gasteiger partial charge in [-0.1, -0.05) is 6.92 Å². The van der Waals surface area contributed by atoms with Crippen LogP contribution in [0, 0.1) is 12.7 Å². The molecule has 242 valence electrons. The summed E-state index contributed by atoms with van der Waals surface area (Å²) in [6.45, 7) is 1.27. The number of nitrogens with zero attached hydrogens (tertiary/aromatic N) is 3. The van der Waals surface area contributed by atoms with Crippen LogP contribution in [0.15, 0.2) is 16.9 Å². The molecule has 1 aliphatic carbocycles. The standard InChI is InChI=1S/C30H27F4N5O7/c1-3-29(46-28(44)30(32,33)34)16-6-20-25-14(9-39(20)26(42)15(16)11-45-27(29)43)24-19(38(10-21(36)40)22(41)8-35)5-4-13-12(2)17(31)7-18(37-25)23(13)24/h6-7,19H,3-5,8-11,35H2,1-2H3,(H2,36,40)/t19-,29-/m0/s1. The predicted molar refractivity (Wildman–Crippen MR) is 150 cm³/mol. The molecule has 0 unspecified atom stereocenters. The molecule has 6 rings (SSSR count). The molecule has 4 heterocycles. The number of hydrogen-bond donors (Lipinski definition) is 2. The fraction of sp³-hybridized carbons (Fsp3) is 0.400. The molecule has 0 saturated carbocycles. The van der Waals surface area contributed by atoms with Crippen molar-refractivity contribution in [3.63, 3.8) is 0 Å². The van der Waals surface area contributed by atoms with Gasteiger partial charge >= 0.3 is 18.1 Å². The van der Waals surface area contributed by atoms with Gasteiger partial charge in [0.1, 0.15) is 12.4 Å². The third-order valence-corrected chi connectivity index (χ3v) is 9.01. The minimum atomic E-state index is -5.45. The number of carbonyl (C=O) groups excluding carboxylic acids is 4. The van der Waals surface area contributed by atoms with Gasteiger partial charge in [0.25, 0.3) is 5.56 Å². The van der Waals surface area contributed by atoms with Gasteiger partial charge in [0.15, 0.2) is 0 Å². The zero-order valence-electron chi connectivity index (χ0n) is 24.5. The molecule has 1 aromatic carbocycles. The number of benzene rings is 1. The Balaban J connectivity index is 1.64. The summed E-state index contributed by atoms with van der Waals surface area (Å²) in [5.74, 6) is -5.87. The summed E-state index contributed by atoms with van der Waals surface area (Å²) in [6.07, 6.45) is -5.38. The number of amides is 2. The van der Waals surface area contributed by atoms with Crippen LogP contribution in [0.4, 0.5) is 17.6 Å². The van der Waals surface area contributed by atoms with Crippen LogP contribution in [0.1, 0.15) is 59.2 Å². The quantitative estimate of drug-likeness (QED) is 0.234. The molecule has 2 atom stereocenters. The highest BCUT2D eigenvalue weighted by Crippen LogP contribution is 2.48. The lowest BCUT2D eigenvalue weighted by Gasteiger charge is -2.36. The van der Waals surface area contributed by atoms with Crippen molar-refractivity contribution in [2.45, 2.75) is 64.1 Å². The summed E-state index contributed by atoms with van der Waals surface area (Å²) in [5, 5.41) is 0.527. The first kappa shape index (κ1) is 31.1. The van der Waals surface area contributed by atoms with Gasteiger partial charge in [0.05, 0.1) is 48.1 Å². The van der Waals surface area contributed by atoms with Crippen LogP contribution in [0.25, 0.3) is 22.3 Å². The van der Waals surface area contributed by atoms with Gasteiger partial charge < -0.3 is 30.4 Å². The van der Waals surface area contributed by atoms with Crippen LogP contribution in [-0.2, 0) is 53.8 Å². The fourth-order valence-electron chi connectivity index (χ4n) is 6.87. The van der Waals surface area contributed by atoms with Gasteiger partial charge in [-0.05, 0) is 48.9 Å². The number of esters is 2. The molecule has 0 radical (unpaired) electrons.